The fraction of sp³-hybridized carbons (Fsp3) is 0.588. The van der Waals surface area contributed by atoms with E-state index in [1.54, 1.807) is 0 Å². The van der Waals surface area contributed by atoms with Gasteiger partial charge in [-0.05, 0) is 50.4 Å². The number of aryl methyl sites for hydroxylation is 1. The molecule has 1 rings (SSSR count). The average Bonchev–Trinajstić information content (AvgIpc) is 2.47. The Bertz CT molecular complexity index is 433. The maximum absolute atomic E-state index is 9.23. The molecule has 1 atom stereocenters. The first-order valence-electron chi connectivity index (χ1n) is 7.51. The molecular formula is C17H27N3. The first-order valence-corrected chi connectivity index (χ1v) is 7.51. The minimum atomic E-state index is -0.401. The van der Waals surface area contributed by atoms with Crippen molar-refractivity contribution in [2.45, 2.75) is 45.6 Å². The van der Waals surface area contributed by atoms with Crippen LogP contribution in [0.3, 0.4) is 0 Å². The Morgan fingerprint density at radius 2 is 1.90 bits per heavy atom. The number of anilines is 1. The second-order valence-corrected chi connectivity index (χ2v) is 5.52. The zero-order valence-electron chi connectivity index (χ0n) is 13.2. The van der Waals surface area contributed by atoms with E-state index in [0.717, 1.165) is 32.4 Å². The maximum Gasteiger partial charge on any atom is 0.103 e. The number of nitrogens with zero attached hydrogens (tertiary/aromatic N) is 2. The lowest BCUT2D eigenvalue weighted by atomic mass is 9.97. The van der Waals surface area contributed by atoms with Crippen LogP contribution in [0.4, 0.5) is 5.69 Å². The van der Waals surface area contributed by atoms with Crippen molar-refractivity contribution in [3.8, 4) is 6.07 Å². The molecule has 0 radical (unpaired) electrons. The molecule has 0 bridgehead atoms. The Morgan fingerprint density at radius 1 is 1.25 bits per heavy atom. The molecule has 0 amide bonds. The van der Waals surface area contributed by atoms with Crippen LogP contribution in [-0.4, -0.2) is 25.7 Å². The van der Waals surface area contributed by atoms with Crippen molar-refractivity contribution in [2.75, 3.05) is 25.0 Å². The molecule has 0 spiro atoms. The fourth-order valence-corrected chi connectivity index (χ4v) is 2.36. The summed E-state index contributed by atoms with van der Waals surface area (Å²) in [5.74, 6) is 0. The fourth-order valence-electron chi connectivity index (χ4n) is 2.36. The van der Waals surface area contributed by atoms with Gasteiger partial charge in [-0.1, -0.05) is 26.0 Å². The lowest BCUT2D eigenvalue weighted by molar-refractivity contribution is 0.418. The van der Waals surface area contributed by atoms with Crippen LogP contribution in [0.5, 0.6) is 0 Å². The van der Waals surface area contributed by atoms with Crippen molar-refractivity contribution >= 4 is 5.69 Å². The zero-order chi connectivity index (χ0) is 15.0. The molecule has 3 heteroatoms. The minimum absolute atomic E-state index is 0.401. The van der Waals surface area contributed by atoms with Crippen molar-refractivity contribution < 1.29 is 0 Å². The van der Waals surface area contributed by atoms with Gasteiger partial charge in [-0.15, -0.1) is 0 Å². The monoisotopic (exact) mass is 273 g/mol. The van der Waals surface area contributed by atoms with Gasteiger partial charge < -0.3 is 4.90 Å². The highest BCUT2D eigenvalue weighted by atomic mass is 15.1. The van der Waals surface area contributed by atoms with Crippen LogP contribution in [0.25, 0.3) is 0 Å². The third kappa shape index (κ3) is 4.86. The second kappa shape index (κ2) is 7.91. The lowest BCUT2D eigenvalue weighted by Gasteiger charge is -2.25. The maximum atomic E-state index is 9.23. The van der Waals surface area contributed by atoms with Gasteiger partial charge in [0.25, 0.3) is 0 Å². The van der Waals surface area contributed by atoms with E-state index < -0.39 is 5.54 Å². The highest BCUT2D eigenvalue weighted by molar-refractivity contribution is 5.46. The standard InChI is InChI=1S/C17H27N3/c1-5-15-8-10-16(11-9-15)20(4)13-7-12-17(3,14-18)19-6-2/h8-11,19H,5-7,12-13H2,1-4H3. The van der Waals surface area contributed by atoms with Crippen LogP contribution in [0.2, 0.25) is 0 Å². The van der Waals surface area contributed by atoms with Crippen molar-refractivity contribution in [1.82, 2.24) is 5.32 Å². The molecule has 0 fully saturated rings. The summed E-state index contributed by atoms with van der Waals surface area (Å²) in [4.78, 5) is 2.25. The summed E-state index contributed by atoms with van der Waals surface area (Å²) < 4.78 is 0. The molecule has 0 aromatic heterocycles. The highest BCUT2D eigenvalue weighted by Crippen LogP contribution is 2.17. The van der Waals surface area contributed by atoms with Crippen molar-refractivity contribution in [3.63, 3.8) is 0 Å². The molecule has 110 valence electrons. The van der Waals surface area contributed by atoms with E-state index >= 15 is 0 Å². The van der Waals surface area contributed by atoms with Gasteiger partial charge in [0.2, 0.25) is 0 Å². The van der Waals surface area contributed by atoms with E-state index in [1.807, 2.05) is 13.8 Å². The first kappa shape index (κ1) is 16.5. The van der Waals surface area contributed by atoms with Gasteiger partial charge in [0.15, 0.2) is 0 Å². The van der Waals surface area contributed by atoms with Gasteiger partial charge >= 0.3 is 0 Å². The highest BCUT2D eigenvalue weighted by Gasteiger charge is 2.21. The quantitative estimate of drug-likeness (QED) is 0.789. The van der Waals surface area contributed by atoms with Crippen molar-refractivity contribution in [3.05, 3.63) is 29.8 Å². The molecule has 20 heavy (non-hydrogen) atoms. The summed E-state index contributed by atoms with van der Waals surface area (Å²) in [6.07, 6.45) is 2.95. The smallest absolute Gasteiger partial charge is 0.103 e. The average molecular weight is 273 g/mol. The molecule has 3 nitrogen and oxygen atoms in total. The number of benzene rings is 1. The molecule has 0 heterocycles. The van der Waals surface area contributed by atoms with Crippen LogP contribution in [-0.2, 0) is 6.42 Å². The van der Waals surface area contributed by atoms with E-state index in [0.29, 0.717) is 0 Å². The molecular weight excluding hydrogens is 246 g/mol. The molecule has 0 saturated heterocycles. The summed E-state index contributed by atoms with van der Waals surface area (Å²) in [6.45, 7) is 7.98. The van der Waals surface area contributed by atoms with Crippen molar-refractivity contribution in [2.24, 2.45) is 0 Å². The largest absolute Gasteiger partial charge is 0.375 e. The van der Waals surface area contributed by atoms with E-state index in [9.17, 15) is 5.26 Å². The van der Waals surface area contributed by atoms with Crippen LogP contribution in [0.1, 0.15) is 39.2 Å². The molecule has 0 saturated carbocycles. The third-order valence-corrected chi connectivity index (χ3v) is 3.77. The Kier molecular flexibility index (Phi) is 6.54. The first-order chi connectivity index (χ1) is 9.54. The van der Waals surface area contributed by atoms with Gasteiger partial charge in [-0.3, -0.25) is 5.32 Å². The topological polar surface area (TPSA) is 39.1 Å². The molecule has 0 aliphatic carbocycles. The predicted molar refractivity (Wildman–Crippen MR) is 86.0 cm³/mol. The summed E-state index contributed by atoms with van der Waals surface area (Å²) in [6, 6.07) is 11.1. The van der Waals surface area contributed by atoms with Gasteiger partial charge in [0.1, 0.15) is 5.54 Å². The van der Waals surface area contributed by atoms with Gasteiger partial charge in [-0.2, -0.15) is 5.26 Å². The predicted octanol–water partition coefficient (Wildman–Crippen LogP) is 3.36. The number of rotatable bonds is 8. The number of hydrogen-bond donors (Lipinski definition) is 1. The minimum Gasteiger partial charge on any atom is -0.375 e. The summed E-state index contributed by atoms with van der Waals surface area (Å²) in [7, 11) is 2.11. The van der Waals surface area contributed by atoms with Crippen LogP contribution >= 0.6 is 0 Å². The second-order valence-electron chi connectivity index (χ2n) is 5.52. The van der Waals surface area contributed by atoms with Gasteiger partial charge in [0.05, 0.1) is 6.07 Å². The lowest BCUT2D eigenvalue weighted by Crippen LogP contribution is -2.41. The summed E-state index contributed by atoms with van der Waals surface area (Å²) in [5.41, 5.74) is 2.21. The number of hydrogen-bond acceptors (Lipinski definition) is 3. The number of nitriles is 1. The number of nitrogens with one attached hydrogen (secondary N) is 1. The summed E-state index contributed by atoms with van der Waals surface area (Å²) in [5, 5.41) is 12.5. The van der Waals surface area contributed by atoms with E-state index in [2.05, 4.69) is 54.5 Å². The Labute approximate surface area is 123 Å². The van der Waals surface area contributed by atoms with Crippen LogP contribution in [0, 0.1) is 11.3 Å². The van der Waals surface area contributed by atoms with E-state index in [4.69, 9.17) is 0 Å². The molecule has 1 unspecified atom stereocenters. The van der Waals surface area contributed by atoms with Crippen LogP contribution < -0.4 is 10.2 Å². The Morgan fingerprint density at radius 3 is 2.40 bits per heavy atom. The molecule has 0 aliphatic heterocycles. The van der Waals surface area contributed by atoms with E-state index in [1.165, 1.54) is 11.3 Å². The third-order valence-electron chi connectivity index (χ3n) is 3.77. The van der Waals surface area contributed by atoms with Gasteiger partial charge in [-0.25, -0.2) is 0 Å². The SMILES string of the molecule is CCNC(C)(C#N)CCCN(C)c1ccc(CC)cc1. The molecule has 1 aromatic rings. The Balaban J connectivity index is 2.46. The van der Waals surface area contributed by atoms with Crippen molar-refractivity contribution in [1.29, 1.82) is 5.26 Å². The zero-order valence-corrected chi connectivity index (χ0v) is 13.2. The molecule has 1 N–H and O–H groups in total. The van der Waals surface area contributed by atoms with E-state index in [-0.39, 0.29) is 0 Å². The molecule has 1 aromatic carbocycles. The normalized spacial score (nSPS) is 13.6. The molecule has 0 aliphatic rings. The van der Waals surface area contributed by atoms with Gasteiger partial charge in [0, 0.05) is 19.3 Å². The summed E-state index contributed by atoms with van der Waals surface area (Å²) >= 11 is 0. The van der Waals surface area contributed by atoms with Crippen LogP contribution in [0.15, 0.2) is 24.3 Å². The Hall–Kier alpha value is -1.53.